The lowest BCUT2D eigenvalue weighted by Gasteiger charge is -2.24. The van der Waals surface area contributed by atoms with Crippen LogP contribution in [0.25, 0.3) is 0 Å². The van der Waals surface area contributed by atoms with Crippen LogP contribution in [0.15, 0.2) is 35.9 Å². The van der Waals surface area contributed by atoms with E-state index in [2.05, 4.69) is 25.2 Å². The zero-order valence-electron chi connectivity index (χ0n) is 13.6. The van der Waals surface area contributed by atoms with Crippen molar-refractivity contribution in [3.05, 3.63) is 47.0 Å². The van der Waals surface area contributed by atoms with Crippen LogP contribution in [0.2, 0.25) is 0 Å². The Morgan fingerprint density at radius 1 is 1.38 bits per heavy atom. The molecule has 1 saturated heterocycles. The van der Waals surface area contributed by atoms with Gasteiger partial charge in [-0.05, 0) is 13.3 Å². The van der Waals surface area contributed by atoms with Gasteiger partial charge < -0.3 is 9.88 Å². The number of aromatic nitrogens is 4. The van der Waals surface area contributed by atoms with Crippen molar-refractivity contribution >= 4 is 5.82 Å². The van der Waals surface area contributed by atoms with Gasteiger partial charge in [-0.1, -0.05) is 0 Å². The fraction of sp³-hybridized carbons (Fsp3) is 0.500. The van der Waals surface area contributed by atoms with Crippen LogP contribution >= 0.6 is 0 Å². The Hall–Kier alpha value is -2.35. The summed E-state index contributed by atoms with van der Waals surface area (Å²) in [5, 5.41) is 3.08. The summed E-state index contributed by atoms with van der Waals surface area (Å²) >= 11 is 0. The van der Waals surface area contributed by atoms with E-state index in [0.717, 1.165) is 5.56 Å². The molecule has 1 fully saturated rings. The smallest absolute Gasteiger partial charge is 0.293 e. The fourth-order valence-corrected chi connectivity index (χ4v) is 3.01. The summed E-state index contributed by atoms with van der Waals surface area (Å²) < 4.78 is 15.5. The number of rotatable bonds is 6. The highest BCUT2D eigenvalue weighted by Gasteiger charge is 2.32. The maximum Gasteiger partial charge on any atom is 0.293 e. The van der Waals surface area contributed by atoms with E-state index >= 15 is 0 Å². The van der Waals surface area contributed by atoms with Gasteiger partial charge in [0.05, 0.1) is 0 Å². The number of nitrogens with one attached hydrogen (secondary N) is 1. The number of likely N-dealkylation sites (tertiary alicyclic amines) is 1. The van der Waals surface area contributed by atoms with Crippen LogP contribution in [0.5, 0.6) is 0 Å². The molecule has 1 aliphatic rings. The summed E-state index contributed by atoms with van der Waals surface area (Å²) in [6.45, 7) is 3.94. The second-order valence-corrected chi connectivity index (χ2v) is 5.91. The molecule has 128 valence electrons. The lowest BCUT2D eigenvalue weighted by Crippen LogP contribution is -2.36. The first kappa shape index (κ1) is 16.5. The minimum atomic E-state index is -0.863. The number of aryl methyl sites for hydroxylation is 1. The highest BCUT2D eigenvalue weighted by molar-refractivity contribution is 5.31. The Labute approximate surface area is 139 Å². The maximum absolute atomic E-state index is 13.9. The van der Waals surface area contributed by atoms with E-state index in [1.807, 2.05) is 6.92 Å². The molecule has 7 nitrogen and oxygen atoms in total. The molecule has 0 radical (unpaired) electrons. The predicted molar refractivity (Wildman–Crippen MR) is 88.4 cm³/mol. The Kier molecular flexibility index (Phi) is 5.14. The third kappa shape index (κ3) is 3.76. The van der Waals surface area contributed by atoms with Crippen molar-refractivity contribution in [3.8, 4) is 0 Å². The molecule has 0 spiro atoms. The molecule has 3 rings (SSSR count). The van der Waals surface area contributed by atoms with Crippen LogP contribution in [0.1, 0.15) is 18.9 Å². The zero-order valence-corrected chi connectivity index (χ0v) is 13.6. The molecule has 0 aliphatic carbocycles. The molecule has 0 saturated carbocycles. The second kappa shape index (κ2) is 7.48. The summed E-state index contributed by atoms with van der Waals surface area (Å²) in [6.07, 6.45) is 7.78. The molecule has 8 heteroatoms. The van der Waals surface area contributed by atoms with Gasteiger partial charge in [-0.3, -0.25) is 9.69 Å². The first-order chi connectivity index (χ1) is 11.7. The minimum Gasteiger partial charge on any atom is -0.364 e. The number of hydrogen-bond donors (Lipinski definition) is 1. The fourth-order valence-electron chi connectivity index (χ4n) is 3.01. The largest absolute Gasteiger partial charge is 0.364 e. The topological polar surface area (TPSA) is 75.9 Å². The summed E-state index contributed by atoms with van der Waals surface area (Å²) in [5.74, 6) is 0.310. The van der Waals surface area contributed by atoms with E-state index in [-0.39, 0.29) is 11.6 Å². The number of halogens is 1. The molecule has 0 amide bonds. The summed E-state index contributed by atoms with van der Waals surface area (Å²) in [7, 11) is 0. The number of alkyl halides is 1. The molecule has 3 heterocycles. The molecule has 1 aliphatic heterocycles. The third-order valence-corrected chi connectivity index (χ3v) is 4.24. The summed E-state index contributed by atoms with van der Waals surface area (Å²) in [6, 6.07) is -0.00307. The standard InChI is InChI=1S/C16H21FN6O/c1-2-22-4-3-20-15(16(22)24)21-8-14-5-13(17)10-23(14)9-12-6-18-11-19-7-12/h3-4,6-7,11,13-14H,2,5,8-10H2,1H3,(H,20,21)/t13-,14-/m0/s1. The van der Waals surface area contributed by atoms with Crippen molar-refractivity contribution in [3.63, 3.8) is 0 Å². The summed E-state index contributed by atoms with van der Waals surface area (Å²) in [4.78, 5) is 26.3. The first-order valence-corrected chi connectivity index (χ1v) is 8.08. The number of anilines is 1. The van der Waals surface area contributed by atoms with Crippen LogP contribution in [-0.2, 0) is 13.1 Å². The average Bonchev–Trinajstić information content (AvgIpc) is 2.94. The van der Waals surface area contributed by atoms with Crippen molar-refractivity contribution < 1.29 is 4.39 Å². The zero-order chi connectivity index (χ0) is 16.9. The highest BCUT2D eigenvalue weighted by Crippen LogP contribution is 2.22. The quantitative estimate of drug-likeness (QED) is 0.853. The van der Waals surface area contributed by atoms with Gasteiger partial charge in [0, 0.05) is 62.6 Å². The van der Waals surface area contributed by atoms with Crippen molar-refractivity contribution in [2.45, 2.75) is 38.6 Å². The SMILES string of the molecule is CCn1ccnc(NC[C@@H]2C[C@H](F)CN2Cc2cncnc2)c1=O. The lowest BCUT2D eigenvalue weighted by molar-refractivity contribution is 0.241. The van der Waals surface area contributed by atoms with Crippen LogP contribution in [0.3, 0.4) is 0 Å². The van der Waals surface area contributed by atoms with Crippen LogP contribution in [0, 0.1) is 0 Å². The molecule has 2 aromatic heterocycles. The van der Waals surface area contributed by atoms with Crippen molar-refractivity contribution in [2.24, 2.45) is 0 Å². The van der Waals surface area contributed by atoms with Gasteiger partial charge in [0.15, 0.2) is 5.82 Å². The molecular weight excluding hydrogens is 311 g/mol. The Morgan fingerprint density at radius 2 is 2.17 bits per heavy atom. The molecule has 0 aromatic carbocycles. The molecule has 0 unspecified atom stereocenters. The van der Waals surface area contributed by atoms with Gasteiger partial charge in [-0.15, -0.1) is 0 Å². The van der Waals surface area contributed by atoms with Gasteiger partial charge in [-0.2, -0.15) is 0 Å². The second-order valence-electron chi connectivity index (χ2n) is 5.91. The normalized spacial score (nSPS) is 21.1. The minimum absolute atomic E-state index is 0.00307. The van der Waals surface area contributed by atoms with Gasteiger partial charge >= 0.3 is 0 Å². The van der Waals surface area contributed by atoms with Crippen LogP contribution < -0.4 is 10.9 Å². The van der Waals surface area contributed by atoms with Gasteiger partial charge in [0.25, 0.3) is 5.56 Å². The van der Waals surface area contributed by atoms with Crippen LogP contribution in [0.4, 0.5) is 10.2 Å². The first-order valence-electron chi connectivity index (χ1n) is 8.08. The van der Waals surface area contributed by atoms with Gasteiger partial charge in [0.2, 0.25) is 0 Å². The molecule has 1 N–H and O–H groups in total. The average molecular weight is 332 g/mol. The molecule has 2 aromatic rings. The summed E-state index contributed by atoms with van der Waals surface area (Å²) in [5.41, 5.74) is 0.792. The molecule has 24 heavy (non-hydrogen) atoms. The lowest BCUT2D eigenvalue weighted by atomic mass is 10.2. The Bertz CT molecular complexity index is 722. The number of hydrogen-bond acceptors (Lipinski definition) is 6. The van der Waals surface area contributed by atoms with E-state index in [1.54, 1.807) is 29.4 Å². The van der Waals surface area contributed by atoms with E-state index in [0.29, 0.717) is 38.4 Å². The van der Waals surface area contributed by atoms with E-state index < -0.39 is 6.17 Å². The van der Waals surface area contributed by atoms with Gasteiger partial charge in [-0.25, -0.2) is 19.3 Å². The monoisotopic (exact) mass is 332 g/mol. The van der Waals surface area contributed by atoms with E-state index in [1.165, 1.54) is 6.33 Å². The van der Waals surface area contributed by atoms with Crippen molar-refractivity contribution in [2.75, 3.05) is 18.4 Å². The van der Waals surface area contributed by atoms with E-state index in [9.17, 15) is 9.18 Å². The van der Waals surface area contributed by atoms with E-state index in [4.69, 9.17) is 0 Å². The highest BCUT2D eigenvalue weighted by atomic mass is 19.1. The van der Waals surface area contributed by atoms with Gasteiger partial charge in [0.1, 0.15) is 12.5 Å². The molecule has 0 bridgehead atoms. The maximum atomic E-state index is 13.9. The predicted octanol–water partition coefficient (Wildman–Crippen LogP) is 1.08. The van der Waals surface area contributed by atoms with Crippen molar-refractivity contribution in [1.82, 2.24) is 24.4 Å². The number of nitrogens with zero attached hydrogens (tertiary/aromatic N) is 5. The molecule has 2 atom stereocenters. The van der Waals surface area contributed by atoms with Crippen LogP contribution in [-0.4, -0.2) is 49.7 Å². The Balaban J connectivity index is 1.66. The third-order valence-electron chi connectivity index (χ3n) is 4.24. The molecular formula is C16H21FN6O. The Morgan fingerprint density at radius 3 is 2.92 bits per heavy atom. The van der Waals surface area contributed by atoms with Crippen molar-refractivity contribution in [1.29, 1.82) is 0 Å².